The molecule has 17 heavy (non-hydrogen) atoms. The van der Waals surface area contributed by atoms with Gasteiger partial charge in [0.25, 0.3) is 0 Å². The van der Waals surface area contributed by atoms with Crippen LogP contribution in [0.4, 0.5) is 0 Å². The lowest BCUT2D eigenvalue weighted by molar-refractivity contribution is 0.563. The molecule has 0 spiro atoms. The fourth-order valence-electron chi connectivity index (χ4n) is 1.87. The summed E-state index contributed by atoms with van der Waals surface area (Å²) in [6.45, 7) is 4.29. The van der Waals surface area contributed by atoms with Crippen molar-refractivity contribution in [3.8, 4) is 11.1 Å². The Morgan fingerprint density at radius 1 is 1.00 bits per heavy atom. The third-order valence-electron chi connectivity index (χ3n) is 2.91. The molecule has 0 heterocycles. The molecule has 0 atom stereocenters. The first-order chi connectivity index (χ1) is 8.22. The molecule has 0 saturated heterocycles. The summed E-state index contributed by atoms with van der Waals surface area (Å²) in [5.41, 5.74) is 3.89. The number of carbonyl (C=O) groups excluding carboxylic acids is 1. The third-order valence-corrected chi connectivity index (χ3v) is 2.91. The highest BCUT2D eigenvalue weighted by Gasteiger charge is 2.08. The number of hydrogen-bond donors (Lipinski definition) is 0. The van der Waals surface area contributed by atoms with Crippen molar-refractivity contribution in [2.24, 2.45) is 0 Å². The van der Waals surface area contributed by atoms with Crippen LogP contribution in [0.2, 0.25) is 0 Å². The van der Waals surface area contributed by atoms with Crippen molar-refractivity contribution in [1.82, 2.24) is 0 Å². The molecule has 2 aromatic rings. The van der Waals surface area contributed by atoms with E-state index in [0.29, 0.717) is 11.5 Å². The Morgan fingerprint density at radius 3 is 2.29 bits per heavy atom. The molecule has 0 aromatic heterocycles. The minimum atomic E-state index is 0.457. The standard InChI is InChI=1S/C16H15O/c1-12(2)14-8-9-15(11-17)16(10-14)13-6-4-3-5-7-13/h3-10,12H,1-2H3. The van der Waals surface area contributed by atoms with Gasteiger partial charge in [0.1, 0.15) is 0 Å². The predicted molar refractivity (Wildman–Crippen MR) is 70.8 cm³/mol. The van der Waals surface area contributed by atoms with Crippen molar-refractivity contribution in [3.63, 3.8) is 0 Å². The SMILES string of the molecule is CC(C)c1ccc([C]=O)c(-c2ccccc2)c1. The normalized spacial score (nSPS) is 10.5. The Kier molecular flexibility index (Phi) is 3.38. The molecule has 0 aliphatic rings. The number of benzene rings is 2. The molecule has 1 radical (unpaired) electrons. The van der Waals surface area contributed by atoms with Gasteiger partial charge in [0.15, 0.2) is 0 Å². The molecule has 1 heteroatoms. The molecule has 0 amide bonds. The van der Waals surface area contributed by atoms with E-state index in [-0.39, 0.29) is 0 Å². The summed E-state index contributed by atoms with van der Waals surface area (Å²) < 4.78 is 0. The van der Waals surface area contributed by atoms with Gasteiger partial charge in [-0.25, -0.2) is 0 Å². The highest BCUT2D eigenvalue weighted by atomic mass is 16.1. The molecule has 2 rings (SSSR count). The van der Waals surface area contributed by atoms with Gasteiger partial charge in [0.2, 0.25) is 6.29 Å². The summed E-state index contributed by atoms with van der Waals surface area (Å²) in [4.78, 5) is 11.0. The summed E-state index contributed by atoms with van der Waals surface area (Å²) in [6.07, 6.45) is 2.01. The fraction of sp³-hybridized carbons (Fsp3) is 0.188. The van der Waals surface area contributed by atoms with Crippen molar-refractivity contribution in [2.75, 3.05) is 0 Å². The quantitative estimate of drug-likeness (QED) is 0.770. The van der Waals surface area contributed by atoms with Crippen molar-refractivity contribution in [1.29, 1.82) is 0 Å². The first kappa shape index (κ1) is 11.6. The molecular formula is C16H15O. The van der Waals surface area contributed by atoms with Crippen LogP contribution in [0.25, 0.3) is 11.1 Å². The summed E-state index contributed by atoms with van der Waals surface area (Å²) in [5, 5.41) is 0. The van der Waals surface area contributed by atoms with E-state index in [4.69, 9.17) is 0 Å². The Morgan fingerprint density at radius 2 is 1.71 bits per heavy atom. The van der Waals surface area contributed by atoms with Gasteiger partial charge in [-0.2, -0.15) is 0 Å². The second-order valence-corrected chi connectivity index (χ2v) is 4.43. The van der Waals surface area contributed by atoms with Crippen molar-refractivity contribution in [3.05, 3.63) is 59.7 Å². The van der Waals surface area contributed by atoms with Crippen LogP contribution in [0.5, 0.6) is 0 Å². The smallest absolute Gasteiger partial charge is 0.234 e. The van der Waals surface area contributed by atoms with Crippen LogP contribution >= 0.6 is 0 Å². The van der Waals surface area contributed by atoms with Gasteiger partial charge in [-0.1, -0.05) is 56.3 Å². The average Bonchev–Trinajstić information content (AvgIpc) is 2.39. The topological polar surface area (TPSA) is 17.1 Å². The Hall–Kier alpha value is -1.89. The zero-order valence-electron chi connectivity index (χ0n) is 10.1. The Balaban J connectivity index is 2.58. The van der Waals surface area contributed by atoms with Crippen LogP contribution in [0, 0.1) is 0 Å². The van der Waals surface area contributed by atoms with Crippen LogP contribution in [0.15, 0.2) is 48.5 Å². The number of rotatable bonds is 3. The van der Waals surface area contributed by atoms with E-state index < -0.39 is 0 Å². The highest BCUT2D eigenvalue weighted by molar-refractivity contribution is 5.88. The lowest BCUT2D eigenvalue weighted by atomic mass is 9.94. The molecule has 1 nitrogen and oxygen atoms in total. The fourth-order valence-corrected chi connectivity index (χ4v) is 1.87. The van der Waals surface area contributed by atoms with Gasteiger partial charge in [-0.3, -0.25) is 4.79 Å². The molecule has 0 aliphatic carbocycles. The molecule has 0 saturated carbocycles. The van der Waals surface area contributed by atoms with E-state index >= 15 is 0 Å². The van der Waals surface area contributed by atoms with E-state index in [1.807, 2.05) is 48.8 Å². The zero-order chi connectivity index (χ0) is 12.3. The third kappa shape index (κ3) is 2.44. The average molecular weight is 223 g/mol. The second-order valence-electron chi connectivity index (χ2n) is 4.43. The molecular weight excluding hydrogens is 208 g/mol. The van der Waals surface area contributed by atoms with Gasteiger partial charge in [0, 0.05) is 5.56 Å². The van der Waals surface area contributed by atoms with Crippen molar-refractivity contribution < 1.29 is 4.79 Å². The van der Waals surface area contributed by atoms with Crippen LogP contribution in [0.1, 0.15) is 30.9 Å². The summed E-state index contributed by atoms with van der Waals surface area (Å²) >= 11 is 0. The van der Waals surface area contributed by atoms with Crippen LogP contribution in [0.3, 0.4) is 0 Å². The molecule has 0 fully saturated rings. The van der Waals surface area contributed by atoms with Crippen LogP contribution in [-0.4, -0.2) is 6.29 Å². The van der Waals surface area contributed by atoms with Crippen molar-refractivity contribution >= 4 is 6.29 Å². The van der Waals surface area contributed by atoms with Gasteiger partial charge < -0.3 is 0 Å². The maximum absolute atomic E-state index is 11.0. The molecule has 2 aromatic carbocycles. The Bertz CT molecular complexity index is 512. The lowest BCUT2D eigenvalue weighted by Crippen LogP contribution is -1.93. The maximum Gasteiger partial charge on any atom is 0.234 e. The Labute approximate surface area is 102 Å². The van der Waals surface area contributed by atoms with E-state index in [9.17, 15) is 4.79 Å². The first-order valence-electron chi connectivity index (χ1n) is 5.80. The van der Waals surface area contributed by atoms with E-state index in [1.54, 1.807) is 0 Å². The van der Waals surface area contributed by atoms with Crippen molar-refractivity contribution in [2.45, 2.75) is 19.8 Å². The van der Waals surface area contributed by atoms with E-state index in [0.717, 1.165) is 11.1 Å². The van der Waals surface area contributed by atoms with Gasteiger partial charge in [0.05, 0.1) is 0 Å². The molecule has 0 bridgehead atoms. The second kappa shape index (κ2) is 4.96. The molecule has 0 N–H and O–H groups in total. The van der Waals surface area contributed by atoms with E-state index in [2.05, 4.69) is 19.9 Å². The number of hydrogen-bond acceptors (Lipinski definition) is 1. The lowest BCUT2D eigenvalue weighted by Gasteiger charge is -2.10. The summed E-state index contributed by atoms with van der Waals surface area (Å²) in [5.74, 6) is 0.457. The van der Waals surface area contributed by atoms with Crippen LogP contribution < -0.4 is 0 Å². The summed E-state index contributed by atoms with van der Waals surface area (Å²) in [6, 6.07) is 15.9. The van der Waals surface area contributed by atoms with Crippen LogP contribution in [-0.2, 0) is 4.79 Å². The molecule has 0 unspecified atom stereocenters. The zero-order valence-corrected chi connectivity index (χ0v) is 10.1. The summed E-state index contributed by atoms with van der Waals surface area (Å²) in [7, 11) is 0. The minimum Gasteiger partial charge on any atom is -0.285 e. The maximum atomic E-state index is 11.0. The van der Waals surface area contributed by atoms with Gasteiger partial charge in [-0.15, -0.1) is 0 Å². The van der Waals surface area contributed by atoms with Gasteiger partial charge >= 0.3 is 0 Å². The minimum absolute atomic E-state index is 0.457. The monoisotopic (exact) mass is 223 g/mol. The largest absolute Gasteiger partial charge is 0.285 e. The first-order valence-corrected chi connectivity index (χ1v) is 5.80. The van der Waals surface area contributed by atoms with E-state index in [1.165, 1.54) is 5.56 Å². The molecule has 85 valence electrons. The molecule has 0 aliphatic heterocycles. The predicted octanol–water partition coefficient (Wildman–Crippen LogP) is 3.93. The highest BCUT2D eigenvalue weighted by Crippen LogP contribution is 2.26. The van der Waals surface area contributed by atoms with Gasteiger partial charge in [-0.05, 0) is 28.7 Å².